The summed E-state index contributed by atoms with van der Waals surface area (Å²) in [6, 6.07) is 16.4. The third kappa shape index (κ3) is 4.44. The van der Waals surface area contributed by atoms with Crippen LogP contribution in [0.5, 0.6) is 0 Å². The normalized spacial score (nSPS) is 17.3. The second-order valence-electron chi connectivity index (χ2n) is 7.34. The van der Waals surface area contributed by atoms with Crippen molar-refractivity contribution in [1.82, 2.24) is 10.2 Å². The standard InChI is InChI=1S/C22H29N3O/c1-17-7-4-5-10-21(17)19-11-13-25(16-19)14-12-23-22(26)18-8-6-9-20(15-18)24(2)3/h4-10,15,19H,11-14,16H2,1-3H3,(H,23,26). The van der Waals surface area contributed by atoms with Gasteiger partial charge in [-0.1, -0.05) is 30.3 Å². The predicted octanol–water partition coefficient (Wildman–Crippen LogP) is 3.28. The summed E-state index contributed by atoms with van der Waals surface area (Å²) in [6.07, 6.45) is 1.20. The summed E-state index contributed by atoms with van der Waals surface area (Å²) in [7, 11) is 3.96. The highest BCUT2D eigenvalue weighted by atomic mass is 16.1. The Hall–Kier alpha value is -2.33. The van der Waals surface area contributed by atoms with Crippen molar-refractivity contribution < 1.29 is 4.79 Å². The van der Waals surface area contributed by atoms with E-state index in [1.165, 1.54) is 17.5 Å². The van der Waals surface area contributed by atoms with Gasteiger partial charge in [0, 0.05) is 45.0 Å². The fraction of sp³-hybridized carbons (Fsp3) is 0.409. The molecule has 1 unspecified atom stereocenters. The number of aryl methyl sites for hydroxylation is 1. The van der Waals surface area contributed by atoms with E-state index < -0.39 is 0 Å². The molecule has 0 bridgehead atoms. The van der Waals surface area contributed by atoms with Gasteiger partial charge in [-0.15, -0.1) is 0 Å². The van der Waals surface area contributed by atoms with E-state index in [-0.39, 0.29) is 5.91 Å². The number of carbonyl (C=O) groups is 1. The number of nitrogens with one attached hydrogen (secondary N) is 1. The van der Waals surface area contributed by atoms with Crippen LogP contribution in [0.4, 0.5) is 5.69 Å². The molecule has 26 heavy (non-hydrogen) atoms. The van der Waals surface area contributed by atoms with Crippen LogP contribution in [0.1, 0.15) is 33.8 Å². The number of rotatable bonds is 6. The van der Waals surface area contributed by atoms with Crippen LogP contribution in [0.2, 0.25) is 0 Å². The van der Waals surface area contributed by atoms with Crippen LogP contribution in [-0.4, -0.2) is 51.1 Å². The van der Waals surface area contributed by atoms with Crippen molar-refractivity contribution in [2.24, 2.45) is 0 Å². The van der Waals surface area contributed by atoms with Crippen LogP contribution in [0.3, 0.4) is 0 Å². The molecule has 4 nitrogen and oxygen atoms in total. The molecule has 138 valence electrons. The van der Waals surface area contributed by atoms with Crippen LogP contribution in [0.15, 0.2) is 48.5 Å². The molecule has 0 spiro atoms. The number of hydrogen-bond acceptors (Lipinski definition) is 3. The maximum absolute atomic E-state index is 12.4. The highest BCUT2D eigenvalue weighted by molar-refractivity contribution is 5.95. The first-order valence-electron chi connectivity index (χ1n) is 9.38. The van der Waals surface area contributed by atoms with Crippen LogP contribution in [-0.2, 0) is 0 Å². The third-order valence-corrected chi connectivity index (χ3v) is 5.24. The highest BCUT2D eigenvalue weighted by Crippen LogP contribution is 2.28. The molecule has 0 aromatic heterocycles. The van der Waals surface area contributed by atoms with Crippen molar-refractivity contribution in [3.05, 3.63) is 65.2 Å². The summed E-state index contributed by atoms with van der Waals surface area (Å²) in [5.41, 5.74) is 4.61. The van der Waals surface area contributed by atoms with E-state index in [4.69, 9.17) is 0 Å². The SMILES string of the molecule is Cc1ccccc1C1CCN(CCNC(=O)c2cccc(N(C)C)c2)C1. The maximum atomic E-state index is 12.4. The minimum Gasteiger partial charge on any atom is -0.378 e. The van der Waals surface area contributed by atoms with Gasteiger partial charge in [0.1, 0.15) is 0 Å². The molecule has 0 saturated carbocycles. The molecule has 0 radical (unpaired) electrons. The maximum Gasteiger partial charge on any atom is 0.251 e. The molecule has 4 heteroatoms. The van der Waals surface area contributed by atoms with Crippen LogP contribution < -0.4 is 10.2 Å². The van der Waals surface area contributed by atoms with Gasteiger partial charge in [-0.25, -0.2) is 0 Å². The highest BCUT2D eigenvalue weighted by Gasteiger charge is 2.24. The minimum absolute atomic E-state index is 0.00310. The zero-order valence-electron chi connectivity index (χ0n) is 16.0. The molecule has 0 aliphatic carbocycles. The molecule has 1 amide bonds. The zero-order valence-corrected chi connectivity index (χ0v) is 16.0. The van der Waals surface area contributed by atoms with Crippen molar-refractivity contribution in [2.75, 3.05) is 45.2 Å². The Balaban J connectivity index is 1.48. The van der Waals surface area contributed by atoms with Gasteiger partial charge in [0.2, 0.25) is 0 Å². The van der Waals surface area contributed by atoms with E-state index in [1.807, 2.05) is 43.3 Å². The topological polar surface area (TPSA) is 35.6 Å². The Labute approximate surface area is 156 Å². The number of carbonyl (C=O) groups excluding carboxylic acids is 1. The van der Waals surface area contributed by atoms with Gasteiger partial charge < -0.3 is 15.1 Å². The van der Waals surface area contributed by atoms with Crippen molar-refractivity contribution in [3.8, 4) is 0 Å². The van der Waals surface area contributed by atoms with Crippen LogP contribution in [0.25, 0.3) is 0 Å². The smallest absolute Gasteiger partial charge is 0.251 e. The lowest BCUT2D eigenvalue weighted by Crippen LogP contribution is -2.33. The van der Waals surface area contributed by atoms with Crippen LogP contribution in [0, 0.1) is 6.92 Å². The lowest BCUT2D eigenvalue weighted by molar-refractivity contribution is 0.0949. The van der Waals surface area contributed by atoms with E-state index >= 15 is 0 Å². The molecular weight excluding hydrogens is 322 g/mol. The second kappa shape index (κ2) is 8.37. The van der Waals surface area contributed by atoms with Gasteiger partial charge >= 0.3 is 0 Å². The molecule has 1 aliphatic heterocycles. The van der Waals surface area contributed by atoms with Crippen molar-refractivity contribution in [2.45, 2.75) is 19.3 Å². The Morgan fingerprint density at radius 2 is 2.00 bits per heavy atom. The Bertz CT molecular complexity index is 757. The average Bonchev–Trinajstić information content (AvgIpc) is 3.10. The summed E-state index contributed by atoms with van der Waals surface area (Å²) in [5, 5.41) is 3.06. The number of hydrogen-bond donors (Lipinski definition) is 1. The lowest BCUT2D eigenvalue weighted by Gasteiger charge is -2.18. The van der Waals surface area contributed by atoms with Crippen molar-refractivity contribution >= 4 is 11.6 Å². The number of amides is 1. The Morgan fingerprint density at radius 3 is 2.77 bits per heavy atom. The summed E-state index contributed by atoms with van der Waals surface area (Å²) in [5.74, 6) is 0.618. The van der Waals surface area contributed by atoms with E-state index in [2.05, 4.69) is 41.4 Å². The van der Waals surface area contributed by atoms with E-state index in [9.17, 15) is 4.79 Å². The van der Waals surface area contributed by atoms with E-state index in [0.29, 0.717) is 12.5 Å². The number of anilines is 1. The molecule has 1 heterocycles. The molecular formula is C22H29N3O. The molecule has 2 aromatic carbocycles. The van der Waals surface area contributed by atoms with E-state index in [0.717, 1.165) is 30.9 Å². The summed E-state index contributed by atoms with van der Waals surface area (Å²) >= 11 is 0. The second-order valence-corrected chi connectivity index (χ2v) is 7.34. The van der Waals surface area contributed by atoms with Gasteiger partial charge in [-0.05, 0) is 55.1 Å². The number of nitrogens with zero attached hydrogens (tertiary/aromatic N) is 2. The first-order chi connectivity index (χ1) is 12.5. The summed E-state index contributed by atoms with van der Waals surface area (Å²) < 4.78 is 0. The molecule has 2 aromatic rings. The zero-order chi connectivity index (χ0) is 18.5. The molecule has 1 atom stereocenters. The lowest BCUT2D eigenvalue weighted by atomic mass is 9.94. The predicted molar refractivity (Wildman–Crippen MR) is 108 cm³/mol. The largest absolute Gasteiger partial charge is 0.378 e. The Kier molecular flexibility index (Phi) is 5.94. The van der Waals surface area contributed by atoms with Crippen molar-refractivity contribution in [3.63, 3.8) is 0 Å². The van der Waals surface area contributed by atoms with Crippen LogP contribution >= 0.6 is 0 Å². The molecule has 1 fully saturated rings. The first-order valence-corrected chi connectivity index (χ1v) is 9.38. The molecule has 3 rings (SSSR count). The Morgan fingerprint density at radius 1 is 1.19 bits per heavy atom. The quantitative estimate of drug-likeness (QED) is 0.867. The van der Waals surface area contributed by atoms with Gasteiger partial charge in [-0.3, -0.25) is 4.79 Å². The molecule has 1 N–H and O–H groups in total. The monoisotopic (exact) mass is 351 g/mol. The van der Waals surface area contributed by atoms with Gasteiger partial charge in [-0.2, -0.15) is 0 Å². The van der Waals surface area contributed by atoms with Gasteiger partial charge in [0.25, 0.3) is 5.91 Å². The van der Waals surface area contributed by atoms with Gasteiger partial charge in [0.15, 0.2) is 0 Å². The average molecular weight is 351 g/mol. The summed E-state index contributed by atoms with van der Waals surface area (Å²) in [4.78, 5) is 16.8. The van der Waals surface area contributed by atoms with E-state index in [1.54, 1.807) is 0 Å². The minimum atomic E-state index is 0.00310. The number of likely N-dealkylation sites (tertiary alicyclic amines) is 1. The fourth-order valence-electron chi connectivity index (χ4n) is 3.69. The fourth-order valence-corrected chi connectivity index (χ4v) is 3.69. The number of benzene rings is 2. The molecule has 1 saturated heterocycles. The third-order valence-electron chi connectivity index (χ3n) is 5.24. The first kappa shape index (κ1) is 18.5. The molecule has 1 aliphatic rings. The summed E-state index contributed by atoms with van der Waals surface area (Å²) in [6.45, 7) is 5.97. The van der Waals surface area contributed by atoms with Gasteiger partial charge in [0.05, 0.1) is 0 Å². The van der Waals surface area contributed by atoms with Crippen molar-refractivity contribution in [1.29, 1.82) is 0 Å².